The molecule has 1 saturated heterocycles. The number of methoxy groups -OCH3 is 1. The molecule has 0 radical (unpaired) electrons. The van der Waals surface area contributed by atoms with Crippen LogP contribution in [0.3, 0.4) is 0 Å². The second kappa shape index (κ2) is 10.4. The molecule has 0 aromatic heterocycles. The minimum Gasteiger partial charge on any atom is -0.385 e. The normalized spacial score (nSPS) is 17.8. The Morgan fingerprint density at radius 2 is 2.00 bits per heavy atom. The van der Waals surface area contributed by atoms with E-state index in [4.69, 9.17) is 9.47 Å². The van der Waals surface area contributed by atoms with Crippen LogP contribution in [0.1, 0.15) is 19.3 Å². The smallest absolute Gasteiger partial charge is 0.0590 e. The van der Waals surface area contributed by atoms with Gasteiger partial charge in [-0.05, 0) is 43.2 Å². The van der Waals surface area contributed by atoms with Gasteiger partial charge in [-0.25, -0.2) is 0 Å². The molecule has 0 aliphatic carbocycles. The lowest BCUT2D eigenvalue weighted by molar-refractivity contribution is 0.104. The van der Waals surface area contributed by atoms with Gasteiger partial charge in [-0.3, -0.25) is 0 Å². The zero-order chi connectivity index (χ0) is 11.5. The van der Waals surface area contributed by atoms with E-state index in [0.29, 0.717) is 0 Å². The van der Waals surface area contributed by atoms with Crippen molar-refractivity contribution in [3.8, 4) is 0 Å². The van der Waals surface area contributed by atoms with Crippen molar-refractivity contribution in [2.45, 2.75) is 19.3 Å². The quantitative estimate of drug-likeness (QED) is 0.629. The molecule has 4 heteroatoms. The van der Waals surface area contributed by atoms with E-state index in [1.807, 2.05) is 0 Å². The molecule has 0 saturated carbocycles. The van der Waals surface area contributed by atoms with Crippen molar-refractivity contribution >= 4 is 11.8 Å². The van der Waals surface area contributed by atoms with Crippen LogP contribution >= 0.6 is 11.8 Å². The van der Waals surface area contributed by atoms with Crippen LogP contribution in [-0.2, 0) is 9.47 Å². The molecule has 0 atom stereocenters. The number of rotatable bonds is 9. The van der Waals surface area contributed by atoms with E-state index in [0.717, 1.165) is 38.7 Å². The summed E-state index contributed by atoms with van der Waals surface area (Å²) in [7, 11) is 1.73. The van der Waals surface area contributed by atoms with Gasteiger partial charge in [0.25, 0.3) is 0 Å². The minimum absolute atomic E-state index is 0.799. The van der Waals surface area contributed by atoms with E-state index in [2.05, 4.69) is 17.1 Å². The third-order valence-corrected chi connectivity index (χ3v) is 3.88. The topological polar surface area (TPSA) is 30.5 Å². The highest BCUT2D eigenvalue weighted by Crippen LogP contribution is 2.21. The lowest BCUT2D eigenvalue weighted by Crippen LogP contribution is -2.28. The number of thioether (sulfide) groups is 1. The van der Waals surface area contributed by atoms with E-state index < -0.39 is 0 Å². The molecule has 1 N–H and O–H groups in total. The summed E-state index contributed by atoms with van der Waals surface area (Å²) >= 11 is 2.09. The maximum Gasteiger partial charge on any atom is 0.0590 e. The third kappa shape index (κ3) is 7.49. The van der Waals surface area contributed by atoms with E-state index in [-0.39, 0.29) is 0 Å². The predicted octanol–water partition coefficient (Wildman–Crippen LogP) is 1.77. The molecule has 1 rings (SSSR count). The average molecular weight is 247 g/mol. The van der Waals surface area contributed by atoms with Crippen LogP contribution < -0.4 is 5.32 Å². The van der Waals surface area contributed by atoms with E-state index in [1.54, 1.807) is 7.11 Å². The molecule has 0 unspecified atom stereocenters. The highest BCUT2D eigenvalue weighted by atomic mass is 32.2. The molecule has 0 aromatic rings. The number of ether oxygens (including phenoxy) is 2. The first-order valence-electron chi connectivity index (χ1n) is 6.28. The first-order chi connectivity index (χ1) is 7.93. The lowest BCUT2D eigenvalue weighted by atomic mass is 10.0. The van der Waals surface area contributed by atoms with Gasteiger partial charge in [-0.2, -0.15) is 11.8 Å². The highest BCUT2D eigenvalue weighted by Gasteiger charge is 2.12. The van der Waals surface area contributed by atoms with Gasteiger partial charge in [-0.1, -0.05) is 0 Å². The summed E-state index contributed by atoms with van der Waals surface area (Å²) in [6.45, 7) is 4.59. The summed E-state index contributed by atoms with van der Waals surface area (Å²) < 4.78 is 10.4. The largest absolute Gasteiger partial charge is 0.385 e. The van der Waals surface area contributed by atoms with E-state index in [1.165, 1.54) is 30.9 Å². The molecule has 0 spiro atoms. The van der Waals surface area contributed by atoms with Crippen LogP contribution in [0.15, 0.2) is 0 Å². The number of nitrogens with one attached hydrogen (secondary N) is 1. The Morgan fingerprint density at radius 1 is 1.19 bits per heavy atom. The lowest BCUT2D eigenvalue weighted by Gasteiger charge is -2.21. The number of hydrogen-bond donors (Lipinski definition) is 1. The van der Waals surface area contributed by atoms with Crippen LogP contribution in [-0.4, -0.2) is 51.5 Å². The van der Waals surface area contributed by atoms with Gasteiger partial charge in [0.05, 0.1) is 6.61 Å². The molecule has 1 aliphatic rings. The molecule has 0 amide bonds. The average Bonchev–Trinajstić information content (AvgIpc) is 2.34. The summed E-state index contributed by atoms with van der Waals surface area (Å²) in [5.41, 5.74) is 0. The molecule has 16 heavy (non-hydrogen) atoms. The van der Waals surface area contributed by atoms with Crippen molar-refractivity contribution in [2.24, 2.45) is 5.92 Å². The molecule has 96 valence electrons. The zero-order valence-electron chi connectivity index (χ0n) is 10.4. The van der Waals surface area contributed by atoms with Crippen molar-refractivity contribution in [2.75, 3.05) is 51.5 Å². The van der Waals surface area contributed by atoms with Gasteiger partial charge in [-0.15, -0.1) is 0 Å². The monoisotopic (exact) mass is 247 g/mol. The van der Waals surface area contributed by atoms with Gasteiger partial charge >= 0.3 is 0 Å². The predicted molar refractivity (Wildman–Crippen MR) is 70.2 cm³/mol. The van der Waals surface area contributed by atoms with Crippen molar-refractivity contribution in [3.63, 3.8) is 0 Å². The second-order valence-electron chi connectivity index (χ2n) is 4.22. The molecule has 0 bridgehead atoms. The minimum atomic E-state index is 0.799. The van der Waals surface area contributed by atoms with Crippen LogP contribution in [0.2, 0.25) is 0 Å². The van der Waals surface area contributed by atoms with Gasteiger partial charge in [0.15, 0.2) is 0 Å². The Balaban J connectivity index is 1.77. The summed E-state index contributed by atoms with van der Waals surface area (Å²) in [6, 6.07) is 0. The maximum absolute atomic E-state index is 5.48. The van der Waals surface area contributed by atoms with Gasteiger partial charge < -0.3 is 14.8 Å². The van der Waals surface area contributed by atoms with Gasteiger partial charge in [0, 0.05) is 26.9 Å². The Hall–Kier alpha value is 0.230. The number of hydrogen-bond acceptors (Lipinski definition) is 4. The summed E-state index contributed by atoms with van der Waals surface area (Å²) in [4.78, 5) is 0. The fourth-order valence-electron chi connectivity index (χ4n) is 1.81. The molecular formula is C12H25NO2S. The fraction of sp³-hybridized carbons (Fsp3) is 1.00. The first kappa shape index (κ1) is 14.3. The van der Waals surface area contributed by atoms with E-state index >= 15 is 0 Å². The summed E-state index contributed by atoms with van der Waals surface area (Å²) in [6.07, 6.45) is 3.76. The van der Waals surface area contributed by atoms with Crippen molar-refractivity contribution in [3.05, 3.63) is 0 Å². The molecule has 1 aliphatic heterocycles. The third-order valence-electron chi connectivity index (χ3n) is 2.83. The highest BCUT2D eigenvalue weighted by molar-refractivity contribution is 7.99. The van der Waals surface area contributed by atoms with Crippen LogP contribution in [0.4, 0.5) is 0 Å². The van der Waals surface area contributed by atoms with Gasteiger partial charge in [0.2, 0.25) is 0 Å². The summed E-state index contributed by atoms with van der Waals surface area (Å²) in [5.74, 6) is 3.59. The SMILES string of the molecule is COCCCOCCNCC1CCSCC1. The van der Waals surface area contributed by atoms with Crippen molar-refractivity contribution < 1.29 is 9.47 Å². The Bertz CT molecular complexity index is 152. The van der Waals surface area contributed by atoms with E-state index in [9.17, 15) is 0 Å². The molecule has 0 aromatic carbocycles. The molecular weight excluding hydrogens is 222 g/mol. The molecule has 1 fully saturated rings. The molecule has 1 heterocycles. The van der Waals surface area contributed by atoms with Crippen LogP contribution in [0.25, 0.3) is 0 Å². The molecule has 3 nitrogen and oxygen atoms in total. The van der Waals surface area contributed by atoms with Crippen molar-refractivity contribution in [1.82, 2.24) is 5.32 Å². The Kier molecular flexibility index (Phi) is 9.28. The zero-order valence-corrected chi connectivity index (χ0v) is 11.2. The van der Waals surface area contributed by atoms with Crippen LogP contribution in [0.5, 0.6) is 0 Å². The second-order valence-corrected chi connectivity index (χ2v) is 5.44. The van der Waals surface area contributed by atoms with Crippen LogP contribution in [0, 0.1) is 5.92 Å². The maximum atomic E-state index is 5.48. The van der Waals surface area contributed by atoms with Gasteiger partial charge in [0.1, 0.15) is 0 Å². The first-order valence-corrected chi connectivity index (χ1v) is 7.44. The summed E-state index contributed by atoms with van der Waals surface area (Å²) in [5, 5.41) is 3.48. The fourth-order valence-corrected chi connectivity index (χ4v) is 3.01. The Labute approximate surface area is 104 Å². The van der Waals surface area contributed by atoms with Crippen molar-refractivity contribution in [1.29, 1.82) is 0 Å². The standard InChI is InChI=1S/C12H25NO2S/c1-14-6-2-7-15-8-5-13-11-12-3-9-16-10-4-12/h12-13H,2-11H2,1H3. The Morgan fingerprint density at radius 3 is 2.75 bits per heavy atom.